The van der Waals surface area contributed by atoms with Crippen LogP contribution in [-0.2, 0) is 41.5 Å². The van der Waals surface area contributed by atoms with Crippen molar-refractivity contribution in [2.45, 2.75) is 64.2 Å². The van der Waals surface area contributed by atoms with Crippen LogP contribution in [0.5, 0.6) is 0 Å². The number of hydrogen-bond acceptors (Lipinski definition) is 3. The third-order valence-electron chi connectivity index (χ3n) is 5.72. The minimum absolute atomic E-state index is 0.156. The Hall–Kier alpha value is -2.28. The molecule has 1 aromatic heterocycles. The van der Waals surface area contributed by atoms with E-state index < -0.39 is 16.1 Å². The molecule has 0 fully saturated rings. The molecule has 28 heavy (non-hydrogen) atoms. The summed E-state index contributed by atoms with van der Waals surface area (Å²) in [5, 5.41) is 2.88. The quantitative estimate of drug-likeness (QED) is 0.802. The van der Waals surface area contributed by atoms with Crippen molar-refractivity contribution >= 4 is 21.7 Å². The van der Waals surface area contributed by atoms with Gasteiger partial charge in [-0.15, -0.1) is 0 Å². The highest BCUT2D eigenvalue weighted by Crippen LogP contribution is 2.38. The largest absolute Gasteiger partial charge is 0.348 e. The fourth-order valence-corrected chi connectivity index (χ4v) is 5.57. The van der Waals surface area contributed by atoms with Gasteiger partial charge in [0.2, 0.25) is 10.0 Å². The van der Waals surface area contributed by atoms with Gasteiger partial charge in [-0.2, -0.15) is 0 Å². The summed E-state index contributed by atoms with van der Waals surface area (Å²) in [7, 11) is -3.79. The fourth-order valence-electron chi connectivity index (χ4n) is 4.53. The summed E-state index contributed by atoms with van der Waals surface area (Å²) < 4.78 is 29.2. The van der Waals surface area contributed by atoms with Crippen molar-refractivity contribution in [2.24, 2.45) is 0 Å². The van der Waals surface area contributed by atoms with Crippen LogP contribution in [-0.4, -0.2) is 19.0 Å². The maximum atomic E-state index is 12.6. The number of sulfonamides is 1. The lowest BCUT2D eigenvalue weighted by Crippen LogP contribution is -2.36. The number of hydrogen-bond donors (Lipinski definition) is 2. The molecule has 1 aromatic carbocycles. The van der Waals surface area contributed by atoms with Gasteiger partial charge >= 0.3 is 6.03 Å². The van der Waals surface area contributed by atoms with Crippen molar-refractivity contribution in [1.82, 2.24) is 9.29 Å². The molecule has 0 spiro atoms. The molecule has 7 heteroatoms. The first-order valence-corrected chi connectivity index (χ1v) is 11.6. The number of benzene rings is 1. The molecule has 2 N–H and O–H groups in total. The van der Waals surface area contributed by atoms with Crippen LogP contribution < -0.4 is 10.0 Å². The second-order valence-corrected chi connectivity index (χ2v) is 9.77. The van der Waals surface area contributed by atoms with Crippen molar-refractivity contribution in [1.29, 1.82) is 0 Å². The van der Waals surface area contributed by atoms with Gasteiger partial charge in [0.15, 0.2) is 0 Å². The first kappa shape index (κ1) is 19.1. The Labute approximate surface area is 166 Å². The molecule has 2 aliphatic rings. The van der Waals surface area contributed by atoms with Crippen LogP contribution in [0, 0.1) is 0 Å². The summed E-state index contributed by atoms with van der Waals surface area (Å²) in [6.45, 7) is 3.99. The standard InChI is InChI=1S/C21H27N3O3S/c1-14(2)24-11-5-8-17(24)13-28(26,27)23-21(25)22-20-18-9-3-6-15(18)12-16-7-4-10-19(16)20/h5,8,11-12,14H,3-4,6-7,9-10,13H2,1-2H3,(H2,22,23,25). The van der Waals surface area contributed by atoms with Crippen LogP contribution >= 0.6 is 0 Å². The molecule has 0 bridgehead atoms. The molecule has 6 nitrogen and oxygen atoms in total. The average molecular weight is 402 g/mol. The molecule has 0 saturated heterocycles. The second-order valence-electron chi connectivity index (χ2n) is 8.05. The van der Waals surface area contributed by atoms with Gasteiger partial charge in [0.05, 0.1) is 0 Å². The number of anilines is 1. The Morgan fingerprint density at radius 2 is 1.75 bits per heavy atom. The molecular formula is C21H27N3O3S. The number of carbonyl (C=O) groups excluding carboxylic acids is 1. The Kier molecular flexibility index (Phi) is 4.95. The van der Waals surface area contributed by atoms with Gasteiger partial charge in [0.25, 0.3) is 0 Å². The van der Waals surface area contributed by atoms with E-state index in [1.165, 1.54) is 22.3 Å². The van der Waals surface area contributed by atoms with Crippen LogP contribution in [0.1, 0.15) is 60.7 Å². The molecule has 4 rings (SSSR count). The summed E-state index contributed by atoms with van der Waals surface area (Å²) in [6.07, 6.45) is 7.96. The van der Waals surface area contributed by atoms with Crippen molar-refractivity contribution in [3.8, 4) is 0 Å². The molecule has 1 heterocycles. The lowest BCUT2D eigenvalue weighted by molar-refractivity contribution is 0.256. The summed E-state index contributed by atoms with van der Waals surface area (Å²) >= 11 is 0. The summed E-state index contributed by atoms with van der Waals surface area (Å²) in [4.78, 5) is 12.6. The number of amides is 2. The predicted molar refractivity (Wildman–Crippen MR) is 110 cm³/mol. The summed E-state index contributed by atoms with van der Waals surface area (Å²) in [5.74, 6) is -0.226. The highest BCUT2D eigenvalue weighted by molar-refractivity contribution is 7.89. The first-order valence-electron chi connectivity index (χ1n) is 9.98. The van der Waals surface area contributed by atoms with Crippen LogP contribution in [0.3, 0.4) is 0 Å². The summed E-state index contributed by atoms with van der Waals surface area (Å²) in [5.41, 5.74) is 6.48. The number of nitrogens with one attached hydrogen (secondary N) is 2. The fraction of sp³-hybridized carbons (Fsp3) is 0.476. The van der Waals surface area contributed by atoms with E-state index in [9.17, 15) is 13.2 Å². The number of urea groups is 1. The molecule has 150 valence electrons. The monoisotopic (exact) mass is 401 g/mol. The maximum Gasteiger partial charge on any atom is 0.332 e. The van der Waals surface area contributed by atoms with E-state index in [1.807, 2.05) is 30.7 Å². The predicted octanol–water partition coefficient (Wildman–Crippen LogP) is 3.70. The molecule has 0 atom stereocenters. The van der Waals surface area contributed by atoms with Crippen molar-refractivity contribution < 1.29 is 13.2 Å². The SMILES string of the molecule is CC(C)n1cccc1CS(=O)(=O)NC(=O)Nc1c2c(cc3c1CCC3)CCC2. The Morgan fingerprint density at radius 3 is 2.36 bits per heavy atom. The molecule has 0 radical (unpaired) electrons. The number of carbonyl (C=O) groups is 1. The third kappa shape index (κ3) is 3.68. The highest BCUT2D eigenvalue weighted by Gasteiger charge is 2.26. The van der Waals surface area contributed by atoms with Crippen LogP contribution in [0.2, 0.25) is 0 Å². The molecule has 2 aromatic rings. The highest BCUT2D eigenvalue weighted by atomic mass is 32.2. The van der Waals surface area contributed by atoms with Crippen molar-refractivity contribution in [3.05, 3.63) is 52.3 Å². The maximum absolute atomic E-state index is 12.6. The van der Waals surface area contributed by atoms with Crippen LogP contribution in [0.25, 0.3) is 0 Å². The van der Waals surface area contributed by atoms with Crippen LogP contribution in [0.15, 0.2) is 24.4 Å². The van der Waals surface area contributed by atoms with E-state index in [-0.39, 0.29) is 11.8 Å². The first-order chi connectivity index (χ1) is 13.3. The molecule has 0 aliphatic heterocycles. The van der Waals surface area contributed by atoms with E-state index in [2.05, 4.69) is 16.1 Å². The smallest absolute Gasteiger partial charge is 0.332 e. The van der Waals surface area contributed by atoms with Gasteiger partial charge in [-0.25, -0.2) is 17.9 Å². The zero-order chi connectivity index (χ0) is 19.9. The zero-order valence-electron chi connectivity index (χ0n) is 16.4. The van der Waals surface area contributed by atoms with Crippen LogP contribution in [0.4, 0.5) is 10.5 Å². The molecule has 2 amide bonds. The van der Waals surface area contributed by atoms with Gasteiger partial charge in [0, 0.05) is 23.6 Å². The van der Waals surface area contributed by atoms with Gasteiger partial charge in [-0.3, -0.25) is 0 Å². The number of aryl methyl sites for hydroxylation is 2. The van der Waals surface area contributed by atoms with E-state index in [0.29, 0.717) is 5.69 Å². The lowest BCUT2D eigenvalue weighted by atomic mass is 9.99. The number of fused-ring (bicyclic) bond motifs is 2. The Morgan fingerprint density at radius 1 is 1.11 bits per heavy atom. The van der Waals surface area contributed by atoms with E-state index in [1.54, 1.807) is 6.07 Å². The summed E-state index contributed by atoms with van der Waals surface area (Å²) in [6, 6.07) is 5.36. The molecule has 2 aliphatic carbocycles. The minimum atomic E-state index is -3.79. The van der Waals surface area contributed by atoms with Gasteiger partial charge < -0.3 is 9.88 Å². The van der Waals surface area contributed by atoms with Crippen molar-refractivity contribution in [2.75, 3.05) is 5.32 Å². The Balaban J connectivity index is 1.52. The topological polar surface area (TPSA) is 80.2 Å². The van der Waals surface area contributed by atoms with Gasteiger partial charge in [-0.05, 0) is 86.8 Å². The molecule has 0 saturated carbocycles. The minimum Gasteiger partial charge on any atom is -0.348 e. The number of nitrogens with zero attached hydrogens (tertiary/aromatic N) is 1. The van der Waals surface area contributed by atoms with E-state index in [0.717, 1.165) is 44.2 Å². The zero-order valence-corrected chi connectivity index (χ0v) is 17.2. The second kappa shape index (κ2) is 7.28. The average Bonchev–Trinajstić information content (AvgIpc) is 3.32. The molecular weight excluding hydrogens is 374 g/mol. The lowest BCUT2D eigenvalue weighted by Gasteiger charge is -2.17. The van der Waals surface area contributed by atoms with E-state index in [4.69, 9.17) is 0 Å². The number of rotatable bonds is 5. The van der Waals surface area contributed by atoms with Gasteiger partial charge in [-0.1, -0.05) is 6.07 Å². The molecule has 0 unspecified atom stereocenters. The van der Waals surface area contributed by atoms with Gasteiger partial charge in [0.1, 0.15) is 5.75 Å². The van der Waals surface area contributed by atoms with E-state index >= 15 is 0 Å². The number of aromatic nitrogens is 1. The van der Waals surface area contributed by atoms with Crippen molar-refractivity contribution in [3.63, 3.8) is 0 Å². The normalized spacial score (nSPS) is 15.5. The Bertz CT molecular complexity index is 990. The third-order valence-corrected chi connectivity index (χ3v) is 6.89.